The number of benzene rings is 2. The fraction of sp³-hybridized carbons (Fsp3) is 0.263. The van der Waals surface area contributed by atoms with Gasteiger partial charge < -0.3 is 15.1 Å². The lowest BCUT2D eigenvalue weighted by atomic mass is 10.2. The Bertz CT molecular complexity index is 703. The first-order valence-electron chi connectivity index (χ1n) is 8.04. The van der Waals surface area contributed by atoms with Gasteiger partial charge in [0.15, 0.2) is 0 Å². The van der Waals surface area contributed by atoms with E-state index in [-0.39, 0.29) is 18.0 Å². The van der Waals surface area contributed by atoms with Crippen LogP contribution in [0, 0.1) is 0 Å². The summed E-state index contributed by atoms with van der Waals surface area (Å²) in [6, 6.07) is 19.0. The summed E-state index contributed by atoms with van der Waals surface area (Å²) in [4.78, 5) is 27.9. The molecule has 5 heteroatoms. The molecule has 0 bridgehead atoms. The Hall–Kier alpha value is -2.82. The van der Waals surface area contributed by atoms with Gasteiger partial charge in [0, 0.05) is 32.2 Å². The standard InChI is InChI=1S/C19H21N3O2/c1-21(13-15-8-4-2-5-9-15)19(24)20-16-12-18(23)22(14-16)17-10-6-3-7-11-17/h2-11,16H,12-14H2,1H3,(H,20,24)/t16-/m1/s1. The first kappa shape index (κ1) is 16.1. The van der Waals surface area contributed by atoms with E-state index in [1.54, 1.807) is 16.8 Å². The van der Waals surface area contributed by atoms with Gasteiger partial charge in [0.1, 0.15) is 0 Å². The normalized spacial score (nSPS) is 17.0. The van der Waals surface area contributed by atoms with Crippen molar-refractivity contribution in [3.8, 4) is 0 Å². The lowest BCUT2D eigenvalue weighted by Crippen LogP contribution is -2.43. The van der Waals surface area contributed by atoms with Gasteiger partial charge in [-0.3, -0.25) is 4.79 Å². The molecule has 0 aromatic heterocycles. The molecule has 0 unspecified atom stereocenters. The van der Waals surface area contributed by atoms with Gasteiger partial charge in [0.25, 0.3) is 0 Å². The zero-order valence-electron chi connectivity index (χ0n) is 13.7. The number of hydrogen-bond donors (Lipinski definition) is 1. The van der Waals surface area contributed by atoms with Crippen molar-refractivity contribution < 1.29 is 9.59 Å². The first-order chi connectivity index (χ1) is 11.6. The zero-order chi connectivity index (χ0) is 16.9. The minimum atomic E-state index is -0.163. The summed E-state index contributed by atoms with van der Waals surface area (Å²) in [6.07, 6.45) is 0.333. The fourth-order valence-electron chi connectivity index (χ4n) is 2.88. The van der Waals surface area contributed by atoms with Crippen molar-refractivity contribution in [3.63, 3.8) is 0 Å². The van der Waals surface area contributed by atoms with E-state index in [0.717, 1.165) is 11.3 Å². The van der Waals surface area contributed by atoms with E-state index in [4.69, 9.17) is 0 Å². The molecule has 3 rings (SSSR count). The van der Waals surface area contributed by atoms with E-state index in [9.17, 15) is 9.59 Å². The molecule has 3 amide bonds. The molecule has 1 saturated heterocycles. The molecule has 1 fully saturated rings. The zero-order valence-corrected chi connectivity index (χ0v) is 13.7. The quantitative estimate of drug-likeness (QED) is 0.940. The molecule has 1 aliphatic heterocycles. The molecule has 124 valence electrons. The van der Waals surface area contributed by atoms with Gasteiger partial charge in [-0.1, -0.05) is 48.5 Å². The van der Waals surface area contributed by atoms with Crippen molar-refractivity contribution in [1.82, 2.24) is 10.2 Å². The highest BCUT2D eigenvalue weighted by Gasteiger charge is 2.31. The Morgan fingerprint density at radius 3 is 2.42 bits per heavy atom. The summed E-state index contributed by atoms with van der Waals surface area (Å²) in [7, 11) is 1.76. The van der Waals surface area contributed by atoms with Crippen LogP contribution in [0.3, 0.4) is 0 Å². The average molecular weight is 323 g/mol. The predicted octanol–water partition coefficient (Wildman–Crippen LogP) is 2.63. The fourth-order valence-corrected chi connectivity index (χ4v) is 2.88. The van der Waals surface area contributed by atoms with Crippen LogP contribution in [0.4, 0.5) is 10.5 Å². The molecule has 0 aliphatic carbocycles. The second kappa shape index (κ2) is 7.17. The predicted molar refractivity (Wildman–Crippen MR) is 93.6 cm³/mol. The Morgan fingerprint density at radius 1 is 1.12 bits per heavy atom. The lowest BCUT2D eigenvalue weighted by Gasteiger charge is -2.21. The molecule has 1 aliphatic rings. The van der Waals surface area contributed by atoms with Crippen molar-refractivity contribution in [1.29, 1.82) is 0 Å². The maximum atomic E-state index is 12.3. The number of carbonyl (C=O) groups is 2. The highest BCUT2D eigenvalue weighted by molar-refractivity contribution is 5.96. The van der Waals surface area contributed by atoms with Crippen molar-refractivity contribution in [3.05, 3.63) is 66.2 Å². The highest BCUT2D eigenvalue weighted by atomic mass is 16.2. The Balaban J connectivity index is 1.56. The SMILES string of the molecule is CN(Cc1ccccc1)C(=O)N[C@@H]1CC(=O)N(c2ccccc2)C1. The second-order valence-corrected chi connectivity index (χ2v) is 6.03. The van der Waals surface area contributed by atoms with Crippen molar-refractivity contribution in [2.45, 2.75) is 19.0 Å². The number of urea groups is 1. The Kier molecular flexibility index (Phi) is 4.79. The van der Waals surface area contributed by atoms with Gasteiger partial charge in [-0.05, 0) is 17.7 Å². The van der Waals surface area contributed by atoms with Crippen molar-refractivity contribution >= 4 is 17.6 Å². The number of hydrogen-bond acceptors (Lipinski definition) is 2. The van der Waals surface area contributed by atoms with E-state index >= 15 is 0 Å². The molecule has 5 nitrogen and oxygen atoms in total. The summed E-state index contributed by atoms with van der Waals surface area (Å²) in [6.45, 7) is 1.05. The third-order valence-corrected chi connectivity index (χ3v) is 4.13. The number of amides is 3. The van der Waals surface area contributed by atoms with Crippen LogP contribution in [-0.4, -0.2) is 36.5 Å². The Morgan fingerprint density at radius 2 is 1.75 bits per heavy atom. The topological polar surface area (TPSA) is 52.7 Å². The third kappa shape index (κ3) is 3.74. The maximum absolute atomic E-state index is 12.3. The number of nitrogens with one attached hydrogen (secondary N) is 1. The van der Waals surface area contributed by atoms with Crippen LogP contribution in [0.1, 0.15) is 12.0 Å². The molecule has 0 spiro atoms. The molecule has 1 N–H and O–H groups in total. The van der Waals surface area contributed by atoms with Crippen LogP contribution in [0.15, 0.2) is 60.7 Å². The number of anilines is 1. The van der Waals surface area contributed by atoms with Crippen LogP contribution in [-0.2, 0) is 11.3 Å². The minimum Gasteiger partial charge on any atom is -0.333 e. The van der Waals surface area contributed by atoms with Crippen LogP contribution in [0.2, 0.25) is 0 Å². The highest BCUT2D eigenvalue weighted by Crippen LogP contribution is 2.21. The minimum absolute atomic E-state index is 0.0391. The van der Waals surface area contributed by atoms with E-state index < -0.39 is 0 Å². The van der Waals surface area contributed by atoms with Gasteiger partial charge in [0.2, 0.25) is 5.91 Å². The Labute approximate surface area is 141 Å². The van der Waals surface area contributed by atoms with Crippen molar-refractivity contribution in [2.75, 3.05) is 18.5 Å². The monoisotopic (exact) mass is 323 g/mol. The van der Waals surface area contributed by atoms with Gasteiger partial charge in [0.05, 0.1) is 6.04 Å². The molecule has 0 radical (unpaired) electrons. The smallest absolute Gasteiger partial charge is 0.317 e. The summed E-state index contributed by atoms with van der Waals surface area (Å²) in [5, 5.41) is 2.95. The number of nitrogens with zero attached hydrogens (tertiary/aromatic N) is 2. The summed E-state index contributed by atoms with van der Waals surface area (Å²) >= 11 is 0. The summed E-state index contributed by atoms with van der Waals surface area (Å²) < 4.78 is 0. The second-order valence-electron chi connectivity index (χ2n) is 6.03. The lowest BCUT2D eigenvalue weighted by molar-refractivity contribution is -0.117. The van der Waals surface area contributed by atoms with Crippen molar-refractivity contribution in [2.24, 2.45) is 0 Å². The van der Waals surface area contributed by atoms with E-state index in [1.807, 2.05) is 60.7 Å². The van der Waals surface area contributed by atoms with Crippen LogP contribution >= 0.6 is 0 Å². The molecule has 1 atom stereocenters. The van der Waals surface area contributed by atoms with Gasteiger partial charge in [-0.25, -0.2) is 4.79 Å². The number of carbonyl (C=O) groups excluding carboxylic acids is 2. The van der Waals surface area contributed by atoms with E-state index in [1.165, 1.54) is 0 Å². The van der Waals surface area contributed by atoms with E-state index in [2.05, 4.69) is 5.32 Å². The van der Waals surface area contributed by atoms with Crippen LogP contribution in [0.5, 0.6) is 0 Å². The molecule has 2 aromatic rings. The molecule has 1 heterocycles. The van der Waals surface area contributed by atoms with Gasteiger partial charge >= 0.3 is 6.03 Å². The molecule has 24 heavy (non-hydrogen) atoms. The number of rotatable bonds is 4. The van der Waals surface area contributed by atoms with Crippen LogP contribution < -0.4 is 10.2 Å². The molecule has 0 saturated carbocycles. The van der Waals surface area contributed by atoms with E-state index in [0.29, 0.717) is 19.5 Å². The summed E-state index contributed by atoms with van der Waals surface area (Å²) in [5.41, 5.74) is 1.94. The average Bonchev–Trinajstić information content (AvgIpc) is 2.97. The largest absolute Gasteiger partial charge is 0.333 e. The first-order valence-corrected chi connectivity index (χ1v) is 8.04. The molecular weight excluding hydrogens is 302 g/mol. The van der Waals surface area contributed by atoms with Gasteiger partial charge in [-0.15, -0.1) is 0 Å². The molecule has 2 aromatic carbocycles. The summed E-state index contributed by atoms with van der Waals surface area (Å²) in [5.74, 6) is 0.0391. The maximum Gasteiger partial charge on any atom is 0.317 e. The molecular formula is C19H21N3O2. The number of para-hydroxylation sites is 1. The van der Waals surface area contributed by atoms with Gasteiger partial charge in [-0.2, -0.15) is 0 Å². The third-order valence-electron chi connectivity index (χ3n) is 4.13. The van der Waals surface area contributed by atoms with Crippen LogP contribution in [0.25, 0.3) is 0 Å².